The molecule has 0 aliphatic carbocycles. The van der Waals surface area contributed by atoms with Gasteiger partial charge in [0.05, 0.1) is 19.3 Å². The minimum absolute atomic E-state index is 0.0323. The molecule has 1 aromatic carbocycles. The largest absolute Gasteiger partial charge is 0.497 e. The van der Waals surface area contributed by atoms with Crippen molar-refractivity contribution < 1.29 is 14.2 Å². The van der Waals surface area contributed by atoms with Gasteiger partial charge in [-0.05, 0) is 12.1 Å². The van der Waals surface area contributed by atoms with E-state index in [4.69, 9.17) is 25.4 Å². The fourth-order valence-corrected chi connectivity index (χ4v) is 1.21. The highest BCUT2D eigenvalue weighted by molar-refractivity contribution is 5.97. The molecule has 0 aliphatic rings. The molecule has 0 bridgehead atoms. The molecule has 1 rings (SSSR count). The summed E-state index contributed by atoms with van der Waals surface area (Å²) >= 11 is 0. The van der Waals surface area contributed by atoms with Crippen LogP contribution in [0.3, 0.4) is 0 Å². The SMILES string of the molecule is COCCOc1cc(OC)ccc1C(=N)N. The number of nitrogen functional groups attached to an aromatic ring is 1. The molecule has 0 radical (unpaired) electrons. The van der Waals surface area contributed by atoms with Crippen molar-refractivity contribution in [1.29, 1.82) is 5.41 Å². The van der Waals surface area contributed by atoms with Crippen LogP contribution in [-0.2, 0) is 4.74 Å². The Kier molecular flexibility index (Phi) is 4.60. The Labute approximate surface area is 94.6 Å². The zero-order valence-corrected chi connectivity index (χ0v) is 9.45. The summed E-state index contributed by atoms with van der Waals surface area (Å²) in [4.78, 5) is 0. The van der Waals surface area contributed by atoms with Gasteiger partial charge in [0.15, 0.2) is 0 Å². The number of methoxy groups -OCH3 is 2. The molecule has 0 aromatic heterocycles. The van der Waals surface area contributed by atoms with E-state index in [-0.39, 0.29) is 5.84 Å². The minimum Gasteiger partial charge on any atom is -0.497 e. The van der Waals surface area contributed by atoms with E-state index in [0.29, 0.717) is 30.3 Å². The zero-order valence-electron chi connectivity index (χ0n) is 9.45. The van der Waals surface area contributed by atoms with Crippen LogP contribution in [0.1, 0.15) is 5.56 Å². The first-order chi connectivity index (χ1) is 7.69. The highest BCUT2D eigenvalue weighted by Gasteiger charge is 2.08. The average molecular weight is 224 g/mol. The molecule has 5 nitrogen and oxygen atoms in total. The highest BCUT2D eigenvalue weighted by atomic mass is 16.5. The smallest absolute Gasteiger partial charge is 0.134 e. The average Bonchev–Trinajstić information content (AvgIpc) is 2.29. The molecule has 0 amide bonds. The molecule has 88 valence electrons. The number of nitrogens with two attached hydrogens (primary N) is 1. The molecule has 0 unspecified atom stereocenters. The Morgan fingerprint density at radius 2 is 2.06 bits per heavy atom. The molecule has 3 N–H and O–H groups in total. The van der Waals surface area contributed by atoms with Gasteiger partial charge in [0.1, 0.15) is 23.9 Å². The number of rotatable bonds is 6. The topological polar surface area (TPSA) is 77.6 Å². The molecule has 1 aromatic rings. The second-order valence-electron chi connectivity index (χ2n) is 3.12. The number of ether oxygens (including phenoxy) is 3. The van der Waals surface area contributed by atoms with E-state index >= 15 is 0 Å². The maximum absolute atomic E-state index is 7.41. The van der Waals surface area contributed by atoms with Crippen LogP contribution < -0.4 is 15.2 Å². The lowest BCUT2D eigenvalue weighted by Crippen LogP contribution is -2.14. The van der Waals surface area contributed by atoms with E-state index in [0.717, 1.165) is 0 Å². The lowest BCUT2D eigenvalue weighted by atomic mass is 10.2. The Balaban J connectivity index is 2.87. The fraction of sp³-hybridized carbons (Fsp3) is 0.364. The van der Waals surface area contributed by atoms with Crippen molar-refractivity contribution in [3.63, 3.8) is 0 Å². The molecule has 0 heterocycles. The third-order valence-electron chi connectivity index (χ3n) is 2.02. The summed E-state index contributed by atoms with van der Waals surface area (Å²) < 4.78 is 15.4. The lowest BCUT2D eigenvalue weighted by Gasteiger charge is -2.11. The summed E-state index contributed by atoms with van der Waals surface area (Å²) in [5.74, 6) is 1.16. The normalized spacial score (nSPS) is 9.88. The Morgan fingerprint density at radius 3 is 2.62 bits per heavy atom. The van der Waals surface area contributed by atoms with E-state index < -0.39 is 0 Å². The number of nitrogens with one attached hydrogen (secondary N) is 1. The number of hydrogen-bond acceptors (Lipinski definition) is 4. The maximum atomic E-state index is 7.41. The van der Waals surface area contributed by atoms with Crippen LogP contribution >= 0.6 is 0 Å². The van der Waals surface area contributed by atoms with Gasteiger partial charge in [0.25, 0.3) is 0 Å². The summed E-state index contributed by atoms with van der Waals surface area (Å²) in [6, 6.07) is 5.13. The molecular weight excluding hydrogens is 208 g/mol. The van der Waals surface area contributed by atoms with Crippen molar-refractivity contribution in [1.82, 2.24) is 0 Å². The Bertz CT molecular complexity index is 366. The van der Waals surface area contributed by atoms with Crippen LogP contribution in [0, 0.1) is 5.41 Å². The van der Waals surface area contributed by atoms with Crippen molar-refractivity contribution in [3.8, 4) is 11.5 Å². The van der Waals surface area contributed by atoms with E-state index in [1.807, 2.05) is 0 Å². The van der Waals surface area contributed by atoms with Crippen LogP contribution in [-0.4, -0.2) is 33.3 Å². The van der Waals surface area contributed by atoms with Gasteiger partial charge < -0.3 is 19.9 Å². The first kappa shape index (κ1) is 12.3. The van der Waals surface area contributed by atoms with E-state index in [9.17, 15) is 0 Å². The number of benzene rings is 1. The highest BCUT2D eigenvalue weighted by Crippen LogP contribution is 2.24. The molecule has 16 heavy (non-hydrogen) atoms. The van der Waals surface area contributed by atoms with Crippen molar-refractivity contribution >= 4 is 5.84 Å². The molecule has 0 saturated carbocycles. The molecular formula is C11H16N2O3. The van der Waals surface area contributed by atoms with Gasteiger partial charge in [0.2, 0.25) is 0 Å². The first-order valence-corrected chi connectivity index (χ1v) is 4.83. The molecule has 0 saturated heterocycles. The van der Waals surface area contributed by atoms with Gasteiger partial charge in [-0.1, -0.05) is 0 Å². The summed E-state index contributed by atoms with van der Waals surface area (Å²) in [5.41, 5.74) is 5.99. The standard InChI is InChI=1S/C11H16N2O3/c1-14-5-6-16-10-7-8(15-2)3-4-9(10)11(12)13/h3-4,7H,5-6H2,1-2H3,(H3,12,13). The van der Waals surface area contributed by atoms with Gasteiger partial charge >= 0.3 is 0 Å². The summed E-state index contributed by atoms with van der Waals surface area (Å²) in [7, 11) is 3.17. The summed E-state index contributed by atoms with van der Waals surface area (Å²) in [6.45, 7) is 0.887. The van der Waals surface area contributed by atoms with E-state index in [1.54, 1.807) is 32.4 Å². The van der Waals surface area contributed by atoms with Gasteiger partial charge in [-0.15, -0.1) is 0 Å². The molecule has 0 atom stereocenters. The van der Waals surface area contributed by atoms with Crippen LogP contribution in [0.5, 0.6) is 11.5 Å². The molecule has 0 spiro atoms. The fourth-order valence-electron chi connectivity index (χ4n) is 1.21. The van der Waals surface area contributed by atoms with Gasteiger partial charge in [-0.2, -0.15) is 0 Å². The van der Waals surface area contributed by atoms with Gasteiger partial charge in [-0.25, -0.2) is 0 Å². The van der Waals surface area contributed by atoms with Gasteiger partial charge in [-0.3, -0.25) is 5.41 Å². The molecule has 5 heteroatoms. The van der Waals surface area contributed by atoms with Crippen LogP contribution in [0.4, 0.5) is 0 Å². The second-order valence-corrected chi connectivity index (χ2v) is 3.12. The third-order valence-corrected chi connectivity index (χ3v) is 2.02. The van der Waals surface area contributed by atoms with Crippen molar-refractivity contribution in [2.24, 2.45) is 5.73 Å². The minimum atomic E-state index is -0.0323. The predicted octanol–water partition coefficient (Wildman–Crippen LogP) is 1.00. The maximum Gasteiger partial charge on any atom is 0.134 e. The van der Waals surface area contributed by atoms with E-state index in [2.05, 4.69) is 0 Å². The monoisotopic (exact) mass is 224 g/mol. The lowest BCUT2D eigenvalue weighted by molar-refractivity contribution is 0.146. The van der Waals surface area contributed by atoms with Crippen LogP contribution in [0.2, 0.25) is 0 Å². The number of amidine groups is 1. The summed E-state index contributed by atoms with van der Waals surface area (Å²) in [5, 5.41) is 7.41. The Morgan fingerprint density at radius 1 is 1.31 bits per heavy atom. The number of hydrogen-bond donors (Lipinski definition) is 2. The zero-order chi connectivity index (χ0) is 12.0. The quantitative estimate of drug-likeness (QED) is 0.429. The second kappa shape index (κ2) is 5.97. The predicted molar refractivity (Wildman–Crippen MR) is 61.4 cm³/mol. The van der Waals surface area contributed by atoms with Crippen molar-refractivity contribution in [2.45, 2.75) is 0 Å². The van der Waals surface area contributed by atoms with E-state index in [1.165, 1.54) is 0 Å². The Hall–Kier alpha value is -1.75. The molecule has 0 aliphatic heterocycles. The van der Waals surface area contributed by atoms with Crippen LogP contribution in [0.15, 0.2) is 18.2 Å². The van der Waals surface area contributed by atoms with Crippen LogP contribution in [0.25, 0.3) is 0 Å². The third kappa shape index (κ3) is 3.13. The summed E-state index contributed by atoms with van der Waals surface area (Å²) in [6.07, 6.45) is 0. The van der Waals surface area contributed by atoms with Crippen molar-refractivity contribution in [3.05, 3.63) is 23.8 Å². The van der Waals surface area contributed by atoms with Gasteiger partial charge in [0, 0.05) is 13.2 Å². The first-order valence-electron chi connectivity index (χ1n) is 4.83. The van der Waals surface area contributed by atoms with Crippen molar-refractivity contribution in [2.75, 3.05) is 27.4 Å². The molecule has 0 fully saturated rings.